The lowest BCUT2D eigenvalue weighted by atomic mass is 9.93. The van der Waals surface area contributed by atoms with Crippen LogP contribution in [0.2, 0.25) is 0 Å². The molecule has 0 spiro atoms. The largest absolute Gasteiger partial charge is 0.421 e. The third-order valence-electron chi connectivity index (χ3n) is 20.0. The van der Waals surface area contributed by atoms with E-state index in [0.29, 0.717) is 13.1 Å². The molecule has 6 aromatic heterocycles. The van der Waals surface area contributed by atoms with Gasteiger partial charge in [-0.15, -0.1) is 0 Å². The molecular weight excluding hydrogens is 1650 g/mol. The monoisotopic (exact) mass is 1820 g/mol. The zero-order chi connectivity index (χ0) is 91.9. The Bertz CT molecular complexity index is 5170. The van der Waals surface area contributed by atoms with Crippen molar-refractivity contribution in [1.29, 1.82) is 0 Å². The maximum Gasteiger partial charge on any atom is 0.421 e. The molecule has 0 bridgehead atoms. The molecule has 0 fully saturated rings. The molecule has 0 saturated heterocycles. The number of nitrogens with zero attached hydrogens (tertiary/aromatic N) is 25. The molecule has 0 unspecified atom stereocenters. The summed E-state index contributed by atoms with van der Waals surface area (Å²) in [5.41, 5.74) is 17.5. The zero-order valence-electron chi connectivity index (χ0n) is 78.9. The number of aromatic nitrogens is 12. The molecule has 33 nitrogen and oxygen atoms in total. The minimum atomic E-state index is -0.139. The van der Waals surface area contributed by atoms with Gasteiger partial charge in [-0.25, -0.2) is 54.8 Å². The van der Waals surface area contributed by atoms with Crippen molar-refractivity contribution in [3.63, 3.8) is 0 Å². The Hall–Kier alpha value is -13.1. The Balaban J connectivity index is 0.000000563. The number of imidazole rings is 6. The van der Waals surface area contributed by atoms with Crippen LogP contribution in [0.15, 0.2) is 281 Å². The van der Waals surface area contributed by atoms with Crippen LogP contribution in [0.5, 0.6) is 0 Å². The molecule has 12 aromatic rings. The quantitative estimate of drug-likeness (QED) is 0.0143. The Morgan fingerprint density at radius 3 is 0.606 bits per heavy atom. The van der Waals surface area contributed by atoms with Crippen LogP contribution in [0.4, 0.5) is 104 Å². The van der Waals surface area contributed by atoms with E-state index in [2.05, 4.69) is 175 Å². The topological polar surface area (TPSA) is 323 Å². The van der Waals surface area contributed by atoms with Gasteiger partial charge in [0.25, 0.3) is 0 Å². The number of benzene rings is 6. The number of aryl methyl sites for hydroxylation is 12. The highest BCUT2D eigenvalue weighted by Crippen LogP contribution is 2.29. The van der Waals surface area contributed by atoms with Crippen LogP contribution in [0.1, 0.15) is 121 Å². The molecule has 33 heteroatoms. The van der Waals surface area contributed by atoms with Crippen molar-refractivity contribution >= 4 is 104 Å². The van der Waals surface area contributed by atoms with Crippen LogP contribution in [0, 0.1) is 27.1 Å². The van der Waals surface area contributed by atoms with Crippen molar-refractivity contribution in [2.45, 2.75) is 121 Å². The summed E-state index contributed by atoms with van der Waals surface area (Å²) in [5, 5.41) is 81.6. The highest BCUT2D eigenvalue weighted by molar-refractivity contribution is 5.56. The lowest BCUT2D eigenvalue weighted by Crippen LogP contribution is -2.34. The van der Waals surface area contributed by atoms with Crippen LogP contribution >= 0.6 is 0 Å². The molecule has 12 rings (SSSR count). The lowest BCUT2D eigenvalue weighted by molar-refractivity contribution is -0.657. The maximum absolute atomic E-state index is 9.25. The number of aliphatic hydroxyl groups excluding tert-OH is 1. The van der Waals surface area contributed by atoms with E-state index >= 15 is 0 Å². The van der Waals surface area contributed by atoms with Crippen LogP contribution in [0.25, 0.3) is 0 Å². The second-order valence-electron chi connectivity index (χ2n) is 36.3. The standard InChI is InChI=1S/C27H34N10.C18H28N6.C16H24N6.C16H23N5O.C16H23N5.6CH4/c1-27(2,19-28-21-7-11-23(12-8-21)30-32-25-34(3)15-16-35(25)4)20-29-22-9-13-24(14-10-22)31-33-26-36(5)17-18-37(26)6;1-18(2,14-22(3)4)13-19-15-7-9-16(10-8-15)20-21-17-23(5)11-12-24(17)6;1-16(2,11-17)12-18-13-5-7-14(8-6-13)19-20-15-21(3)9-10-22(15)4;1-16(2,12-22)11-17-13-5-7-14(8-6-13)18-19-15-20(3)9-10-21(15)4;1-16(2,3)12-17-13-6-8-14(9-7-13)18-19-15-20(4)10-11-21(15)5;;;;;;/h7-18H,19-20H2,1-6H3;7-12H,13-14H2,1-6H3;5-10H,11-12,17H2,1-4H3;5-10,22H,11-12H2,1-4H3;6-11H,12H2,1-5H3;6*1H4/p+6. The summed E-state index contributed by atoms with van der Waals surface area (Å²) in [7, 11) is 27.6. The summed E-state index contributed by atoms with van der Waals surface area (Å²) < 4.78 is 23.1. The summed E-state index contributed by atoms with van der Waals surface area (Å²) in [5.74, 6) is 4.78. The first kappa shape index (κ1) is 115. The molecule has 6 heterocycles. The van der Waals surface area contributed by atoms with Crippen LogP contribution in [-0.4, -0.2) is 110 Å². The second kappa shape index (κ2) is 53.9. The van der Waals surface area contributed by atoms with Gasteiger partial charge in [-0.1, -0.05) is 151 Å². The van der Waals surface area contributed by atoms with E-state index in [1.165, 1.54) is 0 Å². The fourth-order valence-corrected chi connectivity index (χ4v) is 12.0. The molecule has 0 aliphatic carbocycles. The molecule has 9 N–H and O–H groups in total. The predicted octanol–water partition coefficient (Wildman–Crippen LogP) is 21.6. The minimum absolute atomic E-state index is 0. The van der Waals surface area contributed by atoms with E-state index in [-0.39, 0.29) is 78.2 Å². The highest BCUT2D eigenvalue weighted by Gasteiger charge is 2.23. The highest BCUT2D eigenvalue weighted by atomic mass is 16.3. The van der Waals surface area contributed by atoms with Gasteiger partial charge in [-0.2, -0.15) is 0 Å². The van der Waals surface area contributed by atoms with Crippen molar-refractivity contribution < 1.29 is 32.5 Å². The first-order chi connectivity index (χ1) is 59.6. The van der Waals surface area contributed by atoms with E-state index in [9.17, 15) is 5.11 Å². The van der Waals surface area contributed by atoms with E-state index in [0.717, 1.165) is 143 Å². The molecule has 718 valence electrons. The van der Waals surface area contributed by atoms with Gasteiger partial charge < -0.3 is 47.6 Å². The third kappa shape index (κ3) is 38.5. The average molecular weight is 1820 g/mol. The second-order valence-corrected chi connectivity index (χ2v) is 36.3. The van der Waals surface area contributed by atoms with E-state index in [4.69, 9.17) is 5.73 Å². The van der Waals surface area contributed by atoms with Gasteiger partial charge in [0.05, 0.1) is 159 Å². The number of hydrogen-bond donors (Lipinski definition) is 8. The SMILES string of the molecule is C.C.C.C.C.C.CN(C)CC(C)(C)CNc1ccc(N=Nc2n(C)cc[n+]2C)cc1.Cn1cc[n+](C)c1N=Nc1ccc(NCC(C)(C)C)cc1.Cn1cc[n+](C)c1N=Nc1ccc(NCC(C)(C)CN)cc1.Cn1cc[n+](C)c1N=Nc1ccc(NCC(C)(C)CNc2ccc(N=Nc3n(C)cc[n+]3C)cc2)cc1.Cn1cc[n+](C)c1N=Nc1ccc(NCC(C)(C)CO)cc1. The van der Waals surface area contributed by atoms with Crippen LogP contribution < -0.4 is 65.0 Å². The minimum Gasteiger partial charge on any atom is -0.396 e. The van der Waals surface area contributed by atoms with Gasteiger partial charge in [0.1, 0.15) is 34.1 Å². The number of aliphatic hydroxyl groups is 1. The number of nitrogens with two attached hydrogens (primary N) is 1. The van der Waals surface area contributed by atoms with Crippen LogP contribution in [-0.2, 0) is 84.6 Å². The zero-order valence-corrected chi connectivity index (χ0v) is 78.9. The lowest BCUT2D eigenvalue weighted by Gasteiger charge is -2.28. The summed E-state index contributed by atoms with van der Waals surface area (Å²) in [6, 6.07) is 47.7. The van der Waals surface area contributed by atoms with Crippen LogP contribution in [0.3, 0.4) is 0 Å². The number of nitrogens with one attached hydrogen (secondary N) is 6. The number of hydrogen-bond acceptors (Lipinski definition) is 21. The number of rotatable bonds is 33. The molecule has 6 aromatic carbocycles. The molecule has 0 saturated carbocycles. The molecule has 0 radical (unpaired) electrons. The summed E-state index contributed by atoms with van der Waals surface area (Å²) in [6.07, 6.45) is 23.4. The number of anilines is 6. The van der Waals surface area contributed by atoms with Gasteiger partial charge in [-0.05, 0) is 188 Å². The van der Waals surface area contributed by atoms with Gasteiger partial charge in [-0.3, -0.25) is 0 Å². The Morgan fingerprint density at radius 2 is 0.447 bits per heavy atom. The Kier molecular flexibility index (Phi) is 46.9. The molecule has 132 heavy (non-hydrogen) atoms. The molecule has 0 aliphatic rings. The van der Waals surface area contributed by atoms with E-state index in [1.807, 2.05) is 373 Å². The van der Waals surface area contributed by atoms with Crippen molar-refractivity contribution in [3.8, 4) is 0 Å². The summed E-state index contributed by atoms with van der Waals surface area (Å²) in [4.78, 5) is 2.22. The fourth-order valence-electron chi connectivity index (χ4n) is 12.0. The third-order valence-corrected chi connectivity index (χ3v) is 20.0. The van der Waals surface area contributed by atoms with Gasteiger partial charge in [0.15, 0.2) is 0 Å². The molecule has 0 aliphatic heterocycles. The maximum atomic E-state index is 9.25. The van der Waals surface area contributed by atoms with Gasteiger partial charge in [0.2, 0.25) is 0 Å². The van der Waals surface area contributed by atoms with Crippen molar-refractivity contribution in [2.75, 3.05) is 105 Å². The Morgan fingerprint density at radius 1 is 0.273 bits per heavy atom. The van der Waals surface area contributed by atoms with Crippen molar-refractivity contribution in [3.05, 3.63) is 220 Å². The molecule has 0 atom stereocenters. The first-order valence-corrected chi connectivity index (χ1v) is 42.2. The normalized spacial score (nSPS) is 11.5. The molecular formula is C99H162N32O+6. The fraction of sp³-hybridized carbons (Fsp3) is 0.455. The number of azo groups is 6. The van der Waals surface area contributed by atoms with Crippen molar-refractivity contribution in [2.24, 2.45) is 179 Å². The average Bonchev–Trinajstić information content (AvgIpc) is 1.70. The van der Waals surface area contributed by atoms with Gasteiger partial charge in [0, 0.05) is 123 Å². The van der Waals surface area contributed by atoms with Crippen molar-refractivity contribution in [1.82, 2.24) is 32.3 Å². The summed E-state index contributed by atoms with van der Waals surface area (Å²) >= 11 is 0. The predicted molar refractivity (Wildman–Crippen MR) is 544 cm³/mol. The van der Waals surface area contributed by atoms with E-state index in [1.54, 1.807) is 0 Å². The first-order valence-electron chi connectivity index (χ1n) is 42.2. The smallest absolute Gasteiger partial charge is 0.396 e. The molecule has 0 amide bonds. The van der Waals surface area contributed by atoms with E-state index < -0.39 is 0 Å². The Labute approximate surface area is 789 Å². The van der Waals surface area contributed by atoms with Gasteiger partial charge >= 0.3 is 35.7 Å². The summed E-state index contributed by atoms with van der Waals surface area (Å²) in [6.45, 7) is 30.8.